The molecule has 0 bridgehead atoms. The van der Waals surface area contributed by atoms with Gasteiger partial charge < -0.3 is 4.74 Å². The van der Waals surface area contributed by atoms with E-state index >= 15 is 0 Å². The molecule has 0 heterocycles. The van der Waals surface area contributed by atoms with E-state index in [1.165, 1.54) is 11.5 Å². The van der Waals surface area contributed by atoms with Crippen LogP contribution in [0.2, 0.25) is 0 Å². The fourth-order valence-electron chi connectivity index (χ4n) is 9.07. The average Bonchev–Trinajstić information content (AvgIpc) is 3.30. The number of non-ortho nitro benzene ring substituents is 1. The first-order valence-electron chi connectivity index (χ1n) is 19.6. The van der Waals surface area contributed by atoms with E-state index in [1.54, 1.807) is 19.2 Å². The van der Waals surface area contributed by atoms with E-state index in [9.17, 15) is 10.1 Å². The summed E-state index contributed by atoms with van der Waals surface area (Å²) in [6.07, 6.45) is 1.17. The van der Waals surface area contributed by atoms with E-state index in [4.69, 9.17) is 4.74 Å². The van der Waals surface area contributed by atoms with Crippen molar-refractivity contribution < 1.29 is 9.66 Å². The topological polar surface area (TPSA) is 52.4 Å². The summed E-state index contributed by atoms with van der Waals surface area (Å²) in [4.78, 5) is 11.6. The number of hydrogen-bond acceptors (Lipinski definition) is 3. The molecule has 0 saturated heterocycles. The minimum absolute atomic E-state index is 0.0646. The van der Waals surface area contributed by atoms with Gasteiger partial charge >= 0.3 is 0 Å². The van der Waals surface area contributed by atoms with Gasteiger partial charge in [0.1, 0.15) is 5.75 Å². The van der Waals surface area contributed by atoms with Gasteiger partial charge in [-0.05, 0) is 75.0 Å². The van der Waals surface area contributed by atoms with Crippen LogP contribution in [0.4, 0.5) is 5.69 Å². The molecular weight excluding hydrogens is 711 g/mol. The lowest BCUT2D eigenvalue weighted by atomic mass is 9.43. The van der Waals surface area contributed by atoms with Crippen molar-refractivity contribution in [2.45, 2.75) is 23.7 Å². The first kappa shape index (κ1) is 37.9. The summed E-state index contributed by atoms with van der Waals surface area (Å²) in [7, 11) is 1.69. The van der Waals surface area contributed by atoms with Gasteiger partial charge in [0.2, 0.25) is 0 Å². The Morgan fingerprint density at radius 3 is 1.31 bits per heavy atom. The normalized spacial score (nSPS) is 11.6. The molecule has 0 aliphatic heterocycles. The molecule has 0 aromatic heterocycles. The predicted octanol–water partition coefficient (Wildman–Crippen LogP) is 12.4. The number of rotatable bonds is 14. The van der Waals surface area contributed by atoms with Gasteiger partial charge in [0.15, 0.2) is 0 Å². The number of methoxy groups -OCH3 is 1. The maximum Gasteiger partial charge on any atom is 0.269 e. The van der Waals surface area contributed by atoms with Crippen molar-refractivity contribution in [2.75, 3.05) is 7.11 Å². The SMILES string of the molecule is COc1ccc(Cc2ccccc2[C](Cc2ccc([N+](=O)[O-])cc2)C(c2ccccc2)(c2ccccc2)C(c2ccccc2)(c2ccccc2)c2ccccc2)cc1. The van der Waals surface area contributed by atoms with Crippen molar-refractivity contribution in [3.8, 4) is 5.75 Å². The molecule has 4 nitrogen and oxygen atoms in total. The van der Waals surface area contributed by atoms with Crippen molar-refractivity contribution in [1.82, 2.24) is 0 Å². The zero-order valence-corrected chi connectivity index (χ0v) is 32.4. The highest BCUT2D eigenvalue weighted by Gasteiger charge is 2.61. The molecule has 8 aromatic rings. The second-order valence-corrected chi connectivity index (χ2v) is 14.6. The quantitative estimate of drug-likeness (QED) is 0.0631. The molecule has 0 aliphatic carbocycles. The van der Waals surface area contributed by atoms with Gasteiger partial charge in [-0.2, -0.15) is 0 Å². The lowest BCUT2D eigenvalue weighted by Gasteiger charge is -2.57. The first-order valence-corrected chi connectivity index (χ1v) is 19.6. The highest BCUT2D eigenvalue weighted by atomic mass is 16.6. The number of nitrogens with zero attached hydrogens (tertiary/aromatic N) is 1. The number of benzene rings is 8. The monoisotopic (exact) mass is 754 g/mol. The standard InChI is InChI=1S/C54H44NO3/c1-58-50-37-33-41(34-38-50)39-43-19-17-18-30-51(43)52(40-42-31-35-49(36-32-42)55(56)57)54(47-26-13-5-14-27-47,48-28-15-6-16-29-48)53(44-20-7-2-8-21-44,45-22-9-3-10-23-45)46-24-11-4-12-25-46/h2-38H,39-40H2,1H3. The van der Waals surface area contributed by atoms with Gasteiger partial charge in [-0.3, -0.25) is 10.1 Å². The molecule has 283 valence electrons. The minimum atomic E-state index is -0.933. The Morgan fingerprint density at radius 1 is 0.483 bits per heavy atom. The van der Waals surface area contributed by atoms with Crippen molar-refractivity contribution in [2.24, 2.45) is 0 Å². The zero-order chi connectivity index (χ0) is 39.8. The van der Waals surface area contributed by atoms with E-state index in [0.717, 1.165) is 50.3 Å². The fourth-order valence-corrected chi connectivity index (χ4v) is 9.07. The Hall–Kier alpha value is -7.04. The Bertz CT molecular complexity index is 2400. The smallest absolute Gasteiger partial charge is 0.269 e. The molecule has 8 rings (SSSR count). The van der Waals surface area contributed by atoms with Crippen LogP contribution in [-0.4, -0.2) is 12.0 Å². The van der Waals surface area contributed by atoms with Gasteiger partial charge in [0, 0.05) is 23.5 Å². The largest absolute Gasteiger partial charge is 0.497 e. The van der Waals surface area contributed by atoms with E-state index in [1.807, 2.05) is 24.3 Å². The summed E-state index contributed by atoms with van der Waals surface area (Å²) in [6.45, 7) is 0. The third-order valence-corrected chi connectivity index (χ3v) is 11.5. The van der Waals surface area contributed by atoms with Crippen LogP contribution in [0.25, 0.3) is 0 Å². The summed E-state index contributed by atoms with van der Waals surface area (Å²) in [5.41, 5.74) is 8.32. The van der Waals surface area contributed by atoms with Gasteiger partial charge in [0.25, 0.3) is 5.69 Å². The third kappa shape index (κ3) is 6.99. The molecule has 0 fully saturated rings. The minimum Gasteiger partial charge on any atom is -0.497 e. The molecule has 1 radical (unpaired) electrons. The molecule has 58 heavy (non-hydrogen) atoms. The summed E-state index contributed by atoms with van der Waals surface area (Å²) in [5.74, 6) is 1.98. The van der Waals surface area contributed by atoms with Crippen LogP contribution < -0.4 is 4.74 Å². The molecule has 0 unspecified atom stereocenters. The molecule has 0 saturated carbocycles. The molecule has 4 heteroatoms. The van der Waals surface area contributed by atoms with Gasteiger partial charge in [-0.25, -0.2) is 0 Å². The van der Waals surface area contributed by atoms with Crippen LogP contribution in [0.15, 0.2) is 224 Å². The van der Waals surface area contributed by atoms with E-state index < -0.39 is 10.8 Å². The van der Waals surface area contributed by atoms with Crippen molar-refractivity contribution in [1.29, 1.82) is 0 Å². The van der Waals surface area contributed by atoms with Crippen LogP contribution in [0, 0.1) is 16.0 Å². The lowest BCUT2D eigenvalue weighted by molar-refractivity contribution is -0.384. The number of nitro benzene ring substituents is 1. The summed E-state index contributed by atoms with van der Waals surface area (Å²) in [6, 6.07) is 78.8. The molecule has 0 N–H and O–H groups in total. The average molecular weight is 755 g/mol. The maximum atomic E-state index is 11.9. The molecule has 0 atom stereocenters. The number of hydrogen-bond donors (Lipinski definition) is 0. The van der Waals surface area contributed by atoms with Crippen molar-refractivity contribution >= 4 is 5.69 Å². The third-order valence-electron chi connectivity index (χ3n) is 11.5. The van der Waals surface area contributed by atoms with E-state index in [2.05, 4.69) is 188 Å². The summed E-state index contributed by atoms with van der Waals surface area (Å²) >= 11 is 0. The Balaban J connectivity index is 1.57. The molecule has 0 amide bonds. The Kier molecular flexibility index (Phi) is 11.1. The second kappa shape index (κ2) is 17.0. The molecule has 8 aromatic carbocycles. The predicted molar refractivity (Wildman–Crippen MR) is 234 cm³/mol. The Labute approximate surface area is 341 Å². The second-order valence-electron chi connectivity index (χ2n) is 14.6. The summed E-state index contributed by atoms with van der Waals surface area (Å²) < 4.78 is 5.53. The molecule has 0 aliphatic rings. The zero-order valence-electron chi connectivity index (χ0n) is 32.4. The number of ether oxygens (including phenoxy) is 1. The van der Waals surface area contributed by atoms with Crippen LogP contribution >= 0.6 is 0 Å². The molecule has 0 spiro atoms. The van der Waals surface area contributed by atoms with E-state index in [0.29, 0.717) is 12.8 Å². The van der Waals surface area contributed by atoms with E-state index in [-0.39, 0.29) is 10.6 Å². The number of nitro groups is 1. The van der Waals surface area contributed by atoms with Crippen molar-refractivity contribution in [3.63, 3.8) is 0 Å². The maximum absolute atomic E-state index is 11.9. The van der Waals surface area contributed by atoms with Crippen LogP contribution in [0.3, 0.4) is 0 Å². The van der Waals surface area contributed by atoms with Crippen LogP contribution in [0.5, 0.6) is 5.75 Å². The van der Waals surface area contributed by atoms with Gasteiger partial charge in [0.05, 0.1) is 17.4 Å². The van der Waals surface area contributed by atoms with Crippen LogP contribution in [0.1, 0.15) is 50.1 Å². The van der Waals surface area contributed by atoms with Crippen molar-refractivity contribution in [3.05, 3.63) is 291 Å². The van der Waals surface area contributed by atoms with Crippen LogP contribution in [-0.2, 0) is 23.7 Å². The molecular formula is C54H44NO3. The Morgan fingerprint density at radius 2 is 0.879 bits per heavy atom. The van der Waals surface area contributed by atoms with Gasteiger partial charge in [-0.1, -0.05) is 200 Å². The summed E-state index contributed by atoms with van der Waals surface area (Å²) in [5, 5.41) is 11.9. The highest BCUT2D eigenvalue weighted by Crippen LogP contribution is 2.63. The highest BCUT2D eigenvalue weighted by molar-refractivity contribution is 5.69. The lowest BCUT2D eigenvalue weighted by Crippen LogP contribution is -2.56. The first-order chi connectivity index (χ1) is 28.6. The van der Waals surface area contributed by atoms with Gasteiger partial charge in [-0.15, -0.1) is 0 Å². The fraction of sp³-hybridized carbons (Fsp3) is 0.0926.